The fourth-order valence-corrected chi connectivity index (χ4v) is 4.92. The maximum Gasteiger partial charge on any atom is 0.226 e. The Kier molecular flexibility index (Phi) is 8.50. The van der Waals surface area contributed by atoms with Crippen molar-refractivity contribution in [3.63, 3.8) is 0 Å². The molecular formula is C25H36FNO4. The number of carbonyl (C=O) groups excluding carboxylic acids is 1. The van der Waals surface area contributed by atoms with Gasteiger partial charge in [-0.25, -0.2) is 4.39 Å². The predicted octanol–water partition coefficient (Wildman–Crippen LogP) is 4.70. The molecule has 0 aliphatic heterocycles. The minimum absolute atomic E-state index is 0.164. The van der Waals surface area contributed by atoms with Crippen LogP contribution in [0.1, 0.15) is 57.4 Å². The van der Waals surface area contributed by atoms with Crippen LogP contribution in [0.2, 0.25) is 0 Å². The van der Waals surface area contributed by atoms with E-state index in [-0.39, 0.29) is 23.3 Å². The van der Waals surface area contributed by atoms with Crippen LogP contribution >= 0.6 is 0 Å². The van der Waals surface area contributed by atoms with Gasteiger partial charge in [-0.3, -0.25) is 4.79 Å². The Hall–Kier alpha value is -1.92. The fraction of sp³-hybridized carbons (Fsp3) is 0.640. The highest BCUT2D eigenvalue weighted by Gasteiger charge is 2.52. The van der Waals surface area contributed by atoms with Gasteiger partial charge in [-0.1, -0.05) is 19.1 Å². The number of fused-ring (bicyclic) bond motifs is 3. The minimum atomic E-state index is -0.216. The normalized spacial score (nSPS) is 25.5. The topological polar surface area (TPSA) is 56.8 Å². The van der Waals surface area contributed by atoms with Crippen molar-refractivity contribution in [1.29, 1.82) is 0 Å². The van der Waals surface area contributed by atoms with E-state index in [4.69, 9.17) is 14.2 Å². The van der Waals surface area contributed by atoms with Gasteiger partial charge in [-0.05, 0) is 73.6 Å². The van der Waals surface area contributed by atoms with Gasteiger partial charge in [0.15, 0.2) is 0 Å². The smallest absolute Gasteiger partial charge is 0.226 e. The number of methoxy groups -OCH3 is 1. The third-order valence-corrected chi connectivity index (χ3v) is 7.19. The van der Waals surface area contributed by atoms with Crippen LogP contribution in [0, 0.1) is 5.41 Å². The molecule has 1 aromatic carbocycles. The first-order chi connectivity index (χ1) is 15.1. The third-order valence-electron chi connectivity index (χ3n) is 7.19. The molecule has 2 bridgehead atoms. The average Bonchev–Trinajstić information content (AvgIpc) is 2.83. The van der Waals surface area contributed by atoms with Crippen LogP contribution in [-0.4, -0.2) is 46.0 Å². The Labute approximate surface area is 185 Å². The molecule has 4 rings (SSSR count). The Morgan fingerprint density at radius 2 is 1.74 bits per heavy atom. The number of amides is 1. The number of rotatable bonds is 12. The summed E-state index contributed by atoms with van der Waals surface area (Å²) in [7, 11) is 1.65. The van der Waals surface area contributed by atoms with Gasteiger partial charge < -0.3 is 19.5 Å². The summed E-state index contributed by atoms with van der Waals surface area (Å²) in [6, 6.07) is 8.27. The van der Waals surface area contributed by atoms with E-state index in [9.17, 15) is 9.18 Å². The highest BCUT2D eigenvalue weighted by Crippen LogP contribution is 2.57. The van der Waals surface area contributed by atoms with Gasteiger partial charge in [-0.15, -0.1) is 0 Å². The summed E-state index contributed by atoms with van der Waals surface area (Å²) in [5, 5.41) is 3.09. The van der Waals surface area contributed by atoms with Crippen molar-refractivity contribution in [2.24, 2.45) is 5.41 Å². The summed E-state index contributed by atoms with van der Waals surface area (Å²) < 4.78 is 28.8. The van der Waals surface area contributed by atoms with E-state index in [0.717, 1.165) is 44.3 Å². The summed E-state index contributed by atoms with van der Waals surface area (Å²) in [6.07, 6.45) is 7.19. The van der Waals surface area contributed by atoms with Crippen LogP contribution in [0.4, 0.5) is 4.39 Å². The lowest BCUT2D eigenvalue weighted by Crippen LogP contribution is -2.52. The summed E-state index contributed by atoms with van der Waals surface area (Å²) in [5.41, 5.74) is 1.93. The molecule has 0 saturated heterocycles. The van der Waals surface area contributed by atoms with Gasteiger partial charge in [0, 0.05) is 19.1 Å². The molecular weight excluding hydrogens is 397 g/mol. The van der Waals surface area contributed by atoms with E-state index >= 15 is 0 Å². The largest absolute Gasteiger partial charge is 0.489 e. The maximum absolute atomic E-state index is 12.9. The number of carbonyl (C=O) groups is 1. The van der Waals surface area contributed by atoms with Crippen LogP contribution in [-0.2, 0) is 19.7 Å². The van der Waals surface area contributed by atoms with Crippen molar-refractivity contribution < 1.29 is 23.4 Å². The lowest BCUT2D eigenvalue weighted by atomic mass is 9.51. The van der Waals surface area contributed by atoms with E-state index in [1.807, 2.05) is 19.1 Å². The highest BCUT2D eigenvalue weighted by atomic mass is 19.1. The van der Waals surface area contributed by atoms with E-state index in [1.165, 1.54) is 5.56 Å². The van der Waals surface area contributed by atoms with Crippen molar-refractivity contribution >= 4 is 5.91 Å². The highest BCUT2D eigenvalue weighted by molar-refractivity contribution is 5.83. The molecule has 0 atom stereocenters. The first-order valence-corrected chi connectivity index (χ1v) is 11.4. The molecule has 1 aromatic rings. The molecule has 1 N–H and O–H groups in total. The van der Waals surface area contributed by atoms with Gasteiger partial charge in [0.2, 0.25) is 5.91 Å². The summed E-state index contributed by atoms with van der Waals surface area (Å²) >= 11 is 0. The Morgan fingerprint density at radius 1 is 1.06 bits per heavy atom. The van der Waals surface area contributed by atoms with E-state index in [2.05, 4.69) is 17.4 Å². The molecule has 31 heavy (non-hydrogen) atoms. The van der Waals surface area contributed by atoms with Crippen molar-refractivity contribution in [3.8, 4) is 5.75 Å². The zero-order valence-corrected chi connectivity index (χ0v) is 18.9. The number of nitrogens with one attached hydrogen (secondary N) is 1. The van der Waals surface area contributed by atoms with Crippen molar-refractivity contribution in [2.45, 2.75) is 57.3 Å². The van der Waals surface area contributed by atoms with Crippen molar-refractivity contribution in [3.05, 3.63) is 41.7 Å². The Bertz CT molecular complexity index is 722. The second-order valence-corrected chi connectivity index (χ2v) is 8.86. The van der Waals surface area contributed by atoms with Crippen LogP contribution in [0.25, 0.3) is 0 Å². The number of hydrogen-bond donors (Lipinski definition) is 1. The molecule has 0 heterocycles. The molecule has 3 aliphatic carbocycles. The van der Waals surface area contributed by atoms with Crippen molar-refractivity contribution in [1.82, 2.24) is 5.32 Å². The van der Waals surface area contributed by atoms with Crippen LogP contribution in [0.5, 0.6) is 5.75 Å². The molecule has 0 unspecified atom stereocenters. The maximum atomic E-state index is 12.9. The zero-order valence-electron chi connectivity index (χ0n) is 18.9. The van der Waals surface area contributed by atoms with Gasteiger partial charge in [0.1, 0.15) is 12.4 Å². The van der Waals surface area contributed by atoms with Crippen LogP contribution in [0.3, 0.4) is 0 Å². The first kappa shape index (κ1) is 23.7. The lowest BCUT2D eigenvalue weighted by molar-refractivity contribution is -0.138. The quantitative estimate of drug-likeness (QED) is 0.486. The zero-order chi connectivity index (χ0) is 22.2. The molecule has 3 aliphatic rings. The molecule has 0 aromatic heterocycles. The van der Waals surface area contributed by atoms with E-state index < -0.39 is 0 Å². The second kappa shape index (κ2) is 11.1. The van der Waals surface area contributed by atoms with E-state index in [0.29, 0.717) is 44.7 Å². The summed E-state index contributed by atoms with van der Waals surface area (Å²) in [4.78, 5) is 12.9. The Morgan fingerprint density at radius 3 is 2.32 bits per heavy atom. The van der Waals surface area contributed by atoms with Gasteiger partial charge in [-0.2, -0.15) is 0 Å². The molecule has 6 heteroatoms. The lowest BCUT2D eigenvalue weighted by Gasteiger charge is -2.52. The van der Waals surface area contributed by atoms with Gasteiger partial charge in [0.05, 0.1) is 26.2 Å². The summed E-state index contributed by atoms with van der Waals surface area (Å²) in [5.74, 6) is 0.952. The van der Waals surface area contributed by atoms with Crippen LogP contribution in [0.15, 0.2) is 36.2 Å². The molecule has 172 valence electrons. The summed E-state index contributed by atoms with van der Waals surface area (Å²) in [6.45, 7) is 4.39. The number of hydrogen-bond acceptors (Lipinski definition) is 4. The van der Waals surface area contributed by atoms with Gasteiger partial charge in [0.25, 0.3) is 0 Å². The van der Waals surface area contributed by atoms with Crippen LogP contribution < -0.4 is 10.1 Å². The van der Waals surface area contributed by atoms with Gasteiger partial charge >= 0.3 is 0 Å². The van der Waals surface area contributed by atoms with Crippen molar-refractivity contribution in [2.75, 3.05) is 40.1 Å². The second-order valence-electron chi connectivity index (χ2n) is 8.86. The average molecular weight is 434 g/mol. The third kappa shape index (κ3) is 5.66. The number of benzene rings is 1. The minimum Gasteiger partial charge on any atom is -0.489 e. The molecule has 0 spiro atoms. The SMILES string of the molecule is CC/C(=C\F)COc1ccc(C23CCC(C(=O)NCCOCCOC)(CC2)CC3)cc1. The molecule has 3 fully saturated rings. The number of ether oxygens (including phenoxy) is 3. The predicted molar refractivity (Wildman–Crippen MR) is 119 cm³/mol. The molecule has 0 radical (unpaired) electrons. The molecule has 3 saturated carbocycles. The monoisotopic (exact) mass is 433 g/mol. The van der Waals surface area contributed by atoms with E-state index in [1.54, 1.807) is 7.11 Å². The number of halogens is 1. The standard InChI is InChI=1S/C25H36FNO4/c1-3-20(18-26)19-31-22-6-4-21(5-7-22)24-8-11-25(12-9-24,13-10-24)23(28)27-14-15-30-17-16-29-2/h4-7,18H,3,8-17,19H2,1-2H3,(H,27,28)/b20-18+. The first-order valence-electron chi connectivity index (χ1n) is 11.4. The fourth-order valence-electron chi connectivity index (χ4n) is 4.92. The molecule has 5 nitrogen and oxygen atoms in total. The Balaban J connectivity index is 1.50. The molecule has 1 amide bonds.